The largest absolute Gasteiger partial charge is 0.348 e. The summed E-state index contributed by atoms with van der Waals surface area (Å²) in [6.07, 6.45) is 2.30. The summed E-state index contributed by atoms with van der Waals surface area (Å²) in [4.78, 5) is 15.5. The van der Waals surface area contributed by atoms with Crippen LogP contribution in [0, 0.1) is 5.41 Å². The first-order chi connectivity index (χ1) is 6.11. The van der Waals surface area contributed by atoms with Gasteiger partial charge < -0.3 is 4.74 Å². The Kier molecular flexibility index (Phi) is 1.69. The van der Waals surface area contributed by atoms with Crippen molar-refractivity contribution in [1.29, 1.82) is 0 Å². The van der Waals surface area contributed by atoms with Crippen LogP contribution >= 0.6 is 0 Å². The number of carbonyl (C=O) groups is 1. The van der Waals surface area contributed by atoms with Crippen molar-refractivity contribution in [2.45, 2.75) is 20.1 Å². The summed E-state index contributed by atoms with van der Waals surface area (Å²) in [5.74, 6) is 0.0537. The highest BCUT2D eigenvalue weighted by Crippen LogP contribution is 2.32. The molecule has 2 rings (SSSR count). The zero-order chi connectivity index (χ0) is 9.47. The van der Waals surface area contributed by atoms with Gasteiger partial charge in [-0.25, -0.2) is 9.67 Å². The third-order valence-corrected chi connectivity index (χ3v) is 2.17. The Hall–Kier alpha value is -1.23. The molecule has 0 spiro atoms. The van der Waals surface area contributed by atoms with Gasteiger partial charge in [-0.3, -0.25) is 4.79 Å². The van der Waals surface area contributed by atoms with Gasteiger partial charge in [-0.2, -0.15) is 5.10 Å². The monoisotopic (exact) mass is 181 g/mol. The maximum atomic E-state index is 11.7. The lowest BCUT2D eigenvalue weighted by Gasteiger charge is -2.12. The molecule has 0 N–H and O–H groups in total. The summed E-state index contributed by atoms with van der Waals surface area (Å²) in [6, 6.07) is 0. The molecule has 1 aliphatic rings. The Morgan fingerprint density at radius 3 is 2.92 bits per heavy atom. The summed E-state index contributed by atoms with van der Waals surface area (Å²) in [6.45, 7) is 4.18. The third-order valence-electron chi connectivity index (χ3n) is 2.17. The number of aromatic nitrogens is 3. The van der Waals surface area contributed by atoms with Crippen LogP contribution in [0.15, 0.2) is 12.7 Å². The molecule has 1 aromatic rings. The van der Waals surface area contributed by atoms with E-state index in [2.05, 4.69) is 10.1 Å². The van der Waals surface area contributed by atoms with Gasteiger partial charge in [0.2, 0.25) is 6.23 Å². The van der Waals surface area contributed by atoms with Gasteiger partial charge in [0.15, 0.2) is 5.78 Å². The average molecular weight is 181 g/mol. The summed E-state index contributed by atoms with van der Waals surface area (Å²) < 4.78 is 6.78. The lowest BCUT2D eigenvalue weighted by atomic mass is 9.91. The average Bonchev–Trinajstić information content (AvgIpc) is 2.63. The van der Waals surface area contributed by atoms with E-state index < -0.39 is 11.6 Å². The molecule has 1 fully saturated rings. The van der Waals surface area contributed by atoms with Crippen LogP contribution in [0.25, 0.3) is 0 Å². The molecule has 1 aliphatic heterocycles. The second-order valence-corrected chi connectivity index (χ2v) is 3.79. The van der Waals surface area contributed by atoms with Crippen molar-refractivity contribution in [3.63, 3.8) is 0 Å². The van der Waals surface area contributed by atoms with Crippen molar-refractivity contribution in [3.8, 4) is 0 Å². The van der Waals surface area contributed by atoms with E-state index in [1.807, 2.05) is 13.8 Å². The fourth-order valence-electron chi connectivity index (χ4n) is 1.30. The number of hydrogen-bond acceptors (Lipinski definition) is 4. The Morgan fingerprint density at radius 1 is 1.69 bits per heavy atom. The second kappa shape index (κ2) is 2.63. The molecular weight excluding hydrogens is 170 g/mol. The SMILES string of the molecule is CC1(C)CO[C@@H](n2cncn2)C1=O. The van der Waals surface area contributed by atoms with Gasteiger partial charge in [-0.05, 0) is 0 Å². The van der Waals surface area contributed by atoms with Gasteiger partial charge >= 0.3 is 0 Å². The van der Waals surface area contributed by atoms with Gasteiger partial charge in [0, 0.05) is 0 Å². The van der Waals surface area contributed by atoms with E-state index in [4.69, 9.17) is 4.74 Å². The summed E-state index contributed by atoms with van der Waals surface area (Å²) in [5.41, 5.74) is -0.406. The predicted octanol–water partition coefficient (Wildman–Crippen LogP) is 0.402. The minimum absolute atomic E-state index is 0.0537. The maximum absolute atomic E-state index is 11.7. The maximum Gasteiger partial charge on any atom is 0.211 e. The topological polar surface area (TPSA) is 57.0 Å². The van der Waals surface area contributed by atoms with Crippen LogP contribution in [0.2, 0.25) is 0 Å². The first kappa shape index (κ1) is 8.37. The highest BCUT2D eigenvalue weighted by atomic mass is 16.5. The third kappa shape index (κ3) is 1.25. The molecule has 13 heavy (non-hydrogen) atoms. The molecule has 1 saturated heterocycles. The van der Waals surface area contributed by atoms with Crippen LogP contribution < -0.4 is 0 Å². The van der Waals surface area contributed by atoms with E-state index in [1.54, 1.807) is 0 Å². The van der Waals surface area contributed by atoms with Crippen molar-refractivity contribution < 1.29 is 9.53 Å². The van der Waals surface area contributed by atoms with Gasteiger partial charge in [0.05, 0.1) is 12.0 Å². The molecule has 0 aromatic carbocycles. The van der Waals surface area contributed by atoms with E-state index in [1.165, 1.54) is 17.3 Å². The molecule has 5 nitrogen and oxygen atoms in total. The van der Waals surface area contributed by atoms with E-state index in [-0.39, 0.29) is 5.78 Å². The van der Waals surface area contributed by atoms with E-state index >= 15 is 0 Å². The van der Waals surface area contributed by atoms with E-state index in [9.17, 15) is 4.79 Å². The van der Waals surface area contributed by atoms with Crippen LogP contribution in [0.4, 0.5) is 0 Å². The lowest BCUT2D eigenvalue weighted by Crippen LogP contribution is -2.25. The first-order valence-corrected chi connectivity index (χ1v) is 4.11. The summed E-state index contributed by atoms with van der Waals surface area (Å²) in [5, 5.41) is 3.87. The fourth-order valence-corrected chi connectivity index (χ4v) is 1.30. The molecule has 0 saturated carbocycles. The minimum atomic E-state index is -0.586. The molecule has 2 heterocycles. The molecule has 0 amide bonds. The molecule has 0 bridgehead atoms. The number of rotatable bonds is 1. The first-order valence-electron chi connectivity index (χ1n) is 4.11. The fraction of sp³-hybridized carbons (Fsp3) is 0.625. The second-order valence-electron chi connectivity index (χ2n) is 3.79. The molecular formula is C8H11N3O2. The molecule has 5 heteroatoms. The Morgan fingerprint density at radius 2 is 2.46 bits per heavy atom. The van der Waals surface area contributed by atoms with Crippen molar-refractivity contribution in [2.75, 3.05) is 6.61 Å². The number of hydrogen-bond donors (Lipinski definition) is 0. The van der Waals surface area contributed by atoms with E-state index in [0.29, 0.717) is 6.61 Å². The number of nitrogens with zero attached hydrogens (tertiary/aromatic N) is 3. The van der Waals surface area contributed by atoms with Crippen LogP contribution in [-0.2, 0) is 9.53 Å². The van der Waals surface area contributed by atoms with Gasteiger partial charge in [0.25, 0.3) is 0 Å². The van der Waals surface area contributed by atoms with Crippen LogP contribution in [0.3, 0.4) is 0 Å². The van der Waals surface area contributed by atoms with Crippen molar-refractivity contribution in [1.82, 2.24) is 14.8 Å². The Bertz CT molecular complexity index is 318. The predicted molar refractivity (Wildman–Crippen MR) is 43.8 cm³/mol. The molecule has 0 aliphatic carbocycles. The Balaban J connectivity index is 2.26. The van der Waals surface area contributed by atoms with Crippen LogP contribution in [0.5, 0.6) is 0 Å². The number of ketones is 1. The van der Waals surface area contributed by atoms with Crippen molar-refractivity contribution >= 4 is 5.78 Å². The standard InChI is InChI=1S/C8H11N3O2/c1-8(2)3-13-7(6(8)12)11-5-9-4-10-11/h4-5,7H,3H2,1-2H3/t7-/m1/s1. The normalized spacial score (nSPS) is 26.6. The molecule has 1 atom stereocenters. The zero-order valence-electron chi connectivity index (χ0n) is 7.60. The number of ether oxygens (including phenoxy) is 1. The smallest absolute Gasteiger partial charge is 0.211 e. The molecule has 70 valence electrons. The number of Topliss-reactive ketones (excluding diaryl/α,β-unsaturated/α-hetero) is 1. The highest BCUT2D eigenvalue weighted by Gasteiger charge is 2.43. The number of carbonyl (C=O) groups excluding carboxylic acids is 1. The zero-order valence-corrected chi connectivity index (χ0v) is 7.60. The lowest BCUT2D eigenvalue weighted by molar-refractivity contribution is -0.130. The summed E-state index contributed by atoms with van der Waals surface area (Å²) in [7, 11) is 0. The molecule has 0 unspecified atom stereocenters. The van der Waals surface area contributed by atoms with Gasteiger partial charge in [-0.15, -0.1) is 0 Å². The van der Waals surface area contributed by atoms with Crippen LogP contribution in [0.1, 0.15) is 20.1 Å². The Labute approximate surface area is 75.7 Å². The minimum Gasteiger partial charge on any atom is -0.348 e. The van der Waals surface area contributed by atoms with Crippen molar-refractivity contribution in [3.05, 3.63) is 12.7 Å². The quantitative estimate of drug-likeness (QED) is 0.629. The highest BCUT2D eigenvalue weighted by molar-refractivity contribution is 5.88. The van der Waals surface area contributed by atoms with Crippen LogP contribution in [-0.4, -0.2) is 27.2 Å². The molecule has 1 aromatic heterocycles. The van der Waals surface area contributed by atoms with Gasteiger partial charge in [-0.1, -0.05) is 13.8 Å². The summed E-state index contributed by atoms with van der Waals surface area (Å²) >= 11 is 0. The molecule has 0 radical (unpaired) electrons. The van der Waals surface area contributed by atoms with E-state index in [0.717, 1.165) is 0 Å². The van der Waals surface area contributed by atoms with Gasteiger partial charge in [0.1, 0.15) is 12.7 Å². The van der Waals surface area contributed by atoms with Crippen molar-refractivity contribution in [2.24, 2.45) is 5.41 Å².